The highest BCUT2D eigenvalue weighted by molar-refractivity contribution is 14.1. The van der Waals surface area contributed by atoms with Gasteiger partial charge < -0.3 is 4.74 Å². The minimum Gasteiger partial charge on any atom is -0.434 e. The number of hydrogen-bond donors (Lipinski definition) is 0. The summed E-state index contributed by atoms with van der Waals surface area (Å²) in [6.45, 7) is 3.87. The van der Waals surface area contributed by atoms with Crippen molar-refractivity contribution in [1.82, 2.24) is 9.78 Å². The second-order valence-corrected chi connectivity index (χ2v) is 6.88. The molecule has 4 nitrogen and oxygen atoms in total. The fourth-order valence-electron chi connectivity index (χ4n) is 1.80. The summed E-state index contributed by atoms with van der Waals surface area (Å²) < 4.78 is 7.84. The maximum atomic E-state index is 12.0. The number of rotatable bonds is 3. The summed E-state index contributed by atoms with van der Waals surface area (Å²) >= 11 is 14.4. The van der Waals surface area contributed by atoms with E-state index in [1.807, 2.05) is 13.8 Å². The highest BCUT2D eigenvalue weighted by Gasteiger charge is 2.14. The van der Waals surface area contributed by atoms with E-state index in [0.29, 0.717) is 21.4 Å². The molecule has 0 unspecified atom stereocenters. The number of halogens is 3. The summed E-state index contributed by atoms with van der Waals surface area (Å²) in [7, 11) is 1.58. The lowest BCUT2D eigenvalue weighted by molar-refractivity contribution is 0.437. The molecule has 7 heteroatoms. The molecular weight excluding hydrogens is 426 g/mol. The van der Waals surface area contributed by atoms with Gasteiger partial charge in [0.05, 0.1) is 10.0 Å². The lowest BCUT2D eigenvalue weighted by Crippen LogP contribution is -2.24. The summed E-state index contributed by atoms with van der Waals surface area (Å²) in [5.74, 6) is 0.683. The monoisotopic (exact) mass is 438 g/mol. The standard InChI is InChI=1S/C14H13Cl2IN2O2/c1-7(2)9-6-12(18-19(3)14(9)20)21-13-10(15)4-8(17)5-11(13)16/h4-7H,1-3H3. The minimum atomic E-state index is -0.142. The molecule has 2 aromatic rings. The number of hydrogen-bond acceptors (Lipinski definition) is 3. The van der Waals surface area contributed by atoms with Crippen molar-refractivity contribution in [2.45, 2.75) is 19.8 Å². The summed E-state index contributed by atoms with van der Waals surface area (Å²) in [6, 6.07) is 5.11. The lowest BCUT2D eigenvalue weighted by Gasteiger charge is -2.12. The van der Waals surface area contributed by atoms with Crippen molar-refractivity contribution in [3.8, 4) is 11.6 Å². The maximum absolute atomic E-state index is 12.0. The average Bonchev–Trinajstić information content (AvgIpc) is 2.37. The van der Waals surface area contributed by atoms with E-state index in [1.54, 1.807) is 25.2 Å². The van der Waals surface area contributed by atoms with E-state index in [-0.39, 0.29) is 17.4 Å². The van der Waals surface area contributed by atoms with Crippen LogP contribution in [0.5, 0.6) is 11.6 Å². The molecule has 1 heterocycles. The SMILES string of the molecule is CC(C)c1cc(Oc2c(Cl)cc(I)cc2Cl)nn(C)c1=O. The molecule has 112 valence electrons. The van der Waals surface area contributed by atoms with E-state index in [2.05, 4.69) is 27.7 Å². The summed E-state index contributed by atoms with van der Waals surface area (Å²) in [6.07, 6.45) is 0. The molecule has 0 radical (unpaired) electrons. The maximum Gasteiger partial charge on any atom is 0.270 e. The van der Waals surface area contributed by atoms with Gasteiger partial charge in [0, 0.05) is 22.2 Å². The second kappa shape index (κ2) is 6.54. The molecule has 0 saturated carbocycles. The lowest BCUT2D eigenvalue weighted by atomic mass is 10.1. The van der Waals surface area contributed by atoms with Gasteiger partial charge in [-0.3, -0.25) is 4.79 Å². The Hall–Kier alpha value is -0.790. The van der Waals surface area contributed by atoms with Crippen LogP contribution in [0.4, 0.5) is 0 Å². The Morgan fingerprint density at radius 1 is 1.24 bits per heavy atom. The second-order valence-electron chi connectivity index (χ2n) is 4.82. The zero-order valence-electron chi connectivity index (χ0n) is 11.7. The van der Waals surface area contributed by atoms with Crippen LogP contribution in [-0.4, -0.2) is 9.78 Å². The zero-order chi connectivity index (χ0) is 15.7. The number of ether oxygens (including phenoxy) is 1. The van der Waals surface area contributed by atoms with Gasteiger partial charge in [0.25, 0.3) is 5.56 Å². The molecule has 0 aliphatic heterocycles. The molecule has 0 fully saturated rings. The van der Waals surface area contributed by atoms with Gasteiger partial charge in [-0.05, 0) is 40.6 Å². The smallest absolute Gasteiger partial charge is 0.270 e. The van der Waals surface area contributed by atoms with E-state index in [9.17, 15) is 4.79 Å². The molecular formula is C14H13Cl2IN2O2. The van der Waals surface area contributed by atoms with Crippen molar-refractivity contribution in [2.24, 2.45) is 7.05 Å². The van der Waals surface area contributed by atoms with Crippen LogP contribution in [-0.2, 0) is 7.05 Å². The van der Waals surface area contributed by atoms with Crippen molar-refractivity contribution >= 4 is 45.8 Å². The van der Waals surface area contributed by atoms with Crippen molar-refractivity contribution in [3.63, 3.8) is 0 Å². The van der Waals surface area contributed by atoms with Crippen LogP contribution in [0.25, 0.3) is 0 Å². The van der Waals surface area contributed by atoms with Gasteiger partial charge in [-0.1, -0.05) is 37.0 Å². The fraction of sp³-hybridized carbons (Fsp3) is 0.286. The fourth-order valence-corrected chi connectivity index (χ4v) is 3.35. The van der Waals surface area contributed by atoms with Crippen molar-refractivity contribution in [2.75, 3.05) is 0 Å². The molecule has 0 saturated heterocycles. The molecule has 0 aliphatic rings. The van der Waals surface area contributed by atoms with Gasteiger partial charge in [0.1, 0.15) is 0 Å². The van der Waals surface area contributed by atoms with Crippen molar-refractivity contribution in [3.05, 3.63) is 47.7 Å². The third-order valence-corrected chi connectivity index (χ3v) is 4.04. The first kappa shape index (κ1) is 16.6. The first-order valence-corrected chi connectivity index (χ1v) is 8.03. The van der Waals surface area contributed by atoms with Crippen molar-refractivity contribution < 1.29 is 4.74 Å². The molecule has 0 amide bonds. The molecule has 0 atom stereocenters. The molecule has 2 rings (SSSR count). The average molecular weight is 439 g/mol. The van der Waals surface area contributed by atoms with E-state index in [1.165, 1.54) is 4.68 Å². The number of aromatic nitrogens is 2. The van der Waals surface area contributed by atoms with E-state index >= 15 is 0 Å². The first-order chi connectivity index (χ1) is 9.79. The predicted octanol–water partition coefficient (Wildman–Crippen LogP) is 4.61. The molecule has 1 aromatic heterocycles. The molecule has 0 bridgehead atoms. The normalized spacial score (nSPS) is 11.0. The van der Waals surface area contributed by atoms with Gasteiger partial charge in [-0.25, -0.2) is 4.68 Å². The largest absolute Gasteiger partial charge is 0.434 e. The van der Waals surface area contributed by atoms with Crippen LogP contribution >= 0.6 is 45.8 Å². The Morgan fingerprint density at radius 3 is 2.33 bits per heavy atom. The van der Waals surface area contributed by atoms with Gasteiger partial charge >= 0.3 is 0 Å². The van der Waals surface area contributed by atoms with Crippen LogP contribution in [0.15, 0.2) is 23.0 Å². The summed E-state index contributed by atoms with van der Waals surface area (Å²) in [5.41, 5.74) is 0.484. The van der Waals surface area contributed by atoms with Gasteiger partial charge in [-0.15, -0.1) is 5.10 Å². The molecule has 21 heavy (non-hydrogen) atoms. The highest BCUT2D eigenvalue weighted by Crippen LogP contribution is 2.37. The Morgan fingerprint density at radius 2 is 1.81 bits per heavy atom. The summed E-state index contributed by atoms with van der Waals surface area (Å²) in [4.78, 5) is 12.0. The van der Waals surface area contributed by atoms with Crippen LogP contribution < -0.4 is 10.3 Å². The number of benzene rings is 1. The Balaban J connectivity index is 2.48. The van der Waals surface area contributed by atoms with E-state index in [0.717, 1.165) is 3.57 Å². The van der Waals surface area contributed by atoms with Gasteiger partial charge in [0.2, 0.25) is 5.88 Å². The quantitative estimate of drug-likeness (QED) is 0.657. The Kier molecular flexibility index (Phi) is 5.16. The number of aryl methyl sites for hydroxylation is 1. The van der Waals surface area contributed by atoms with Crippen LogP contribution in [0.2, 0.25) is 10.0 Å². The Bertz CT molecular complexity index is 721. The predicted molar refractivity (Wildman–Crippen MR) is 92.8 cm³/mol. The van der Waals surface area contributed by atoms with Crippen LogP contribution in [0.1, 0.15) is 25.3 Å². The van der Waals surface area contributed by atoms with Crippen molar-refractivity contribution in [1.29, 1.82) is 0 Å². The molecule has 0 aliphatic carbocycles. The highest BCUT2D eigenvalue weighted by atomic mass is 127. The molecule has 1 aromatic carbocycles. The van der Waals surface area contributed by atoms with Gasteiger partial charge in [0.15, 0.2) is 5.75 Å². The van der Waals surface area contributed by atoms with E-state index < -0.39 is 0 Å². The van der Waals surface area contributed by atoms with Crippen LogP contribution in [0, 0.1) is 3.57 Å². The molecule has 0 N–H and O–H groups in total. The first-order valence-electron chi connectivity index (χ1n) is 6.20. The summed E-state index contributed by atoms with van der Waals surface area (Å²) in [5, 5.41) is 4.87. The van der Waals surface area contributed by atoms with Crippen LogP contribution in [0.3, 0.4) is 0 Å². The zero-order valence-corrected chi connectivity index (χ0v) is 15.3. The molecule has 0 spiro atoms. The minimum absolute atomic E-state index is 0.0664. The van der Waals surface area contributed by atoms with E-state index in [4.69, 9.17) is 27.9 Å². The van der Waals surface area contributed by atoms with Gasteiger partial charge in [-0.2, -0.15) is 0 Å². The third kappa shape index (κ3) is 3.70. The third-order valence-electron chi connectivity index (χ3n) is 2.86. The topological polar surface area (TPSA) is 44.1 Å². The Labute approximate surface area is 146 Å². The number of nitrogens with zero attached hydrogens (tertiary/aromatic N) is 2.